The van der Waals surface area contributed by atoms with Crippen LogP contribution < -0.4 is 5.32 Å². The molecular weight excluding hydrogens is 490 g/mol. The lowest BCUT2D eigenvalue weighted by molar-refractivity contribution is -0.138. The Kier molecular flexibility index (Phi) is 32.9. The SMILES string of the molecule is C=C(C)C(=O)OC.C=CC(=O)NC(=O)C=CC(=C)C(=O)OCC.C=Cc1ccccc1.C=O.CCCCO. The molecule has 0 radical (unpaired) electrons. The summed E-state index contributed by atoms with van der Waals surface area (Å²) in [5.41, 5.74) is 1.64. The third-order valence-corrected chi connectivity index (χ3v) is 3.49. The van der Waals surface area contributed by atoms with E-state index in [4.69, 9.17) is 9.90 Å². The summed E-state index contributed by atoms with van der Waals surface area (Å²) in [4.78, 5) is 51.0. The van der Waals surface area contributed by atoms with Gasteiger partial charge in [-0.25, -0.2) is 9.59 Å². The smallest absolute Gasteiger partial charge is 0.337 e. The molecule has 1 rings (SSSR count). The minimum atomic E-state index is -0.657. The van der Waals surface area contributed by atoms with Gasteiger partial charge in [0.2, 0.25) is 5.91 Å². The Hall–Kier alpha value is -4.37. The molecule has 0 bridgehead atoms. The summed E-state index contributed by atoms with van der Waals surface area (Å²) < 4.78 is 8.91. The lowest BCUT2D eigenvalue weighted by atomic mass is 10.2. The number of amides is 2. The first kappa shape index (κ1) is 40.8. The predicted octanol–water partition coefficient (Wildman–Crippen LogP) is 4.15. The van der Waals surface area contributed by atoms with Crippen molar-refractivity contribution in [3.8, 4) is 0 Å². The maximum absolute atomic E-state index is 11.0. The highest BCUT2D eigenvalue weighted by atomic mass is 16.5. The number of unbranched alkanes of at least 4 members (excludes halogenated alkanes) is 1. The lowest BCUT2D eigenvalue weighted by Gasteiger charge is -1.99. The summed E-state index contributed by atoms with van der Waals surface area (Å²) in [5, 5.41) is 10.0. The molecule has 0 aliphatic heterocycles. The van der Waals surface area contributed by atoms with Crippen LogP contribution >= 0.6 is 0 Å². The summed E-state index contributed by atoms with van der Waals surface area (Å²) in [7, 11) is 1.33. The summed E-state index contributed by atoms with van der Waals surface area (Å²) in [6.45, 7) is 21.4. The van der Waals surface area contributed by atoms with Crippen LogP contribution in [-0.4, -0.2) is 56.0 Å². The van der Waals surface area contributed by atoms with Gasteiger partial charge in [0, 0.05) is 18.3 Å². The molecule has 0 heterocycles. The van der Waals surface area contributed by atoms with Crippen molar-refractivity contribution in [3.05, 3.63) is 91.6 Å². The van der Waals surface area contributed by atoms with Gasteiger partial charge in [-0.2, -0.15) is 0 Å². The van der Waals surface area contributed by atoms with Crippen molar-refractivity contribution in [2.75, 3.05) is 20.3 Å². The predicted molar refractivity (Wildman–Crippen MR) is 151 cm³/mol. The Balaban J connectivity index is -0.000000219. The van der Waals surface area contributed by atoms with Crippen molar-refractivity contribution in [3.63, 3.8) is 0 Å². The van der Waals surface area contributed by atoms with Crippen LogP contribution in [0.1, 0.15) is 39.2 Å². The molecule has 0 saturated heterocycles. The number of imide groups is 1. The highest BCUT2D eigenvalue weighted by molar-refractivity contribution is 6.05. The number of carbonyl (C=O) groups excluding carboxylic acids is 5. The van der Waals surface area contributed by atoms with Gasteiger partial charge in [0.25, 0.3) is 5.91 Å². The highest BCUT2D eigenvalue weighted by Crippen LogP contribution is 1.98. The first-order valence-electron chi connectivity index (χ1n) is 11.4. The molecule has 0 unspecified atom stereocenters. The van der Waals surface area contributed by atoms with Gasteiger partial charge in [-0.1, -0.05) is 76.1 Å². The number of esters is 2. The first-order chi connectivity index (χ1) is 18.0. The van der Waals surface area contributed by atoms with Crippen LogP contribution in [0.2, 0.25) is 0 Å². The van der Waals surface area contributed by atoms with Crippen LogP contribution in [0, 0.1) is 0 Å². The third-order valence-electron chi connectivity index (χ3n) is 3.49. The molecule has 9 nitrogen and oxygen atoms in total. The third kappa shape index (κ3) is 29.7. The number of benzene rings is 1. The number of hydrogen-bond acceptors (Lipinski definition) is 8. The second kappa shape index (κ2) is 30.7. The van der Waals surface area contributed by atoms with E-state index < -0.39 is 17.8 Å². The number of aliphatic hydroxyl groups excluding tert-OH is 1. The van der Waals surface area contributed by atoms with Gasteiger partial charge in [0.05, 0.1) is 19.3 Å². The molecule has 0 aliphatic carbocycles. The van der Waals surface area contributed by atoms with Gasteiger partial charge >= 0.3 is 11.9 Å². The fraction of sp³-hybridized carbons (Fsp3) is 0.276. The number of carbonyl (C=O) groups is 5. The molecule has 0 aromatic heterocycles. The van der Waals surface area contributed by atoms with Gasteiger partial charge < -0.3 is 19.4 Å². The summed E-state index contributed by atoms with van der Waals surface area (Å²) in [5.74, 6) is -2.23. The van der Waals surface area contributed by atoms with Crippen LogP contribution in [0.4, 0.5) is 0 Å². The average Bonchev–Trinajstić information content (AvgIpc) is 2.94. The molecule has 0 saturated carbocycles. The first-order valence-corrected chi connectivity index (χ1v) is 11.4. The van der Waals surface area contributed by atoms with Crippen molar-refractivity contribution in [2.24, 2.45) is 0 Å². The van der Waals surface area contributed by atoms with E-state index in [9.17, 15) is 19.2 Å². The van der Waals surface area contributed by atoms with Gasteiger partial charge in [0.15, 0.2) is 0 Å². The molecule has 2 N–H and O–H groups in total. The number of methoxy groups -OCH3 is 1. The van der Waals surface area contributed by atoms with Crippen molar-refractivity contribution < 1.29 is 38.6 Å². The maximum atomic E-state index is 11.0. The molecule has 38 heavy (non-hydrogen) atoms. The molecule has 0 atom stereocenters. The van der Waals surface area contributed by atoms with Gasteiger partial charge in [-0.05, 0) is 38.0 Å². The standard InChI is InChI=1S/C11H13NO4.C8H8.C5H8O2.C4H10O.CH2O/c1-4-9(13)12-10(14)7-6-8(3)11(15)16-5-2;1-2-8-6-4-3-5-7-8;1-4(2)5(6)7-3;1-2-3-4-5;1-2/h4,6-7H,1,3,5H2,2H3,(H,12,13,14);2-7H,1H2;1H2,2-3H3;5H,2-4H2,1H3;1H2. The highest BCUT2D eigenvalue weighted by Gasteiger charge is 2.05. The molecule has 9 heteroatoms. The topological polar surface area (TPSA) is 136 Å². The molecule has 0 fully saturated rings. The van der Waals surface area contributed by atoms with Crippen LogP contribution in [0.15, 0.2) is 86.0 Å². The quantitative estimate of drug-likeness (QED) is 0.276. The second-order valence-electron chi connectivity index (χ2n) is 6.60. The molecule has 1 aromatic carbocycles. The number of hydrogen-bond donors (Lipinski definition) is 2. The monoisotopic (exact) mass is 531 g/mol. The summed E-state index contributed by atoms with van der Waals surface area (Å²) >= 11 is 0. The number of ether oxygens (including phenoxy) is 2. The lowest BCUT2D eigenvalue weighted by Crippen LogP contribution is -2.26. The Morgan fingerprint density at radius 1 is 0.947 bits per heavy atom. The Morgan fingerprint density at radius 2 is 1.50 bits per heavy atom. The van der Waals surface area contributed by atoms with Gasteiger partial charge in [-0.3, -0.25) is 14.9 Å². The Labute approximate surface area is 226 Å². The number of nitrogens with one attached hydrogen (secondary N) is 1. The number of aliphatic hydroxyl groups is 1. The van der Waals surface area contributed by atoms with E-state index in [1.807, 2.05) is 48.5 Å². The van der Waals surface area contributed by atoms with E-state index in [0.717, 1.165) is 25.0 Å². The fourth-order valence-electron chi connectivity index (χ4n) is 1.60. The van der Waals surface area contributed by atoms with Crippen LogP contribution in [-0.2, 0) is 33.4 Å². The van der Waals surface area contributed by atoms with E-state index in [1.165, 1.54) is 18.7 Å². The van der Waals surface area contributed by atoms with Crippen LogP contribution in [0.5, 0.6) is 0 Å². The number of rotatable bonds is 9. The molecule has 0 spiro atoms. The zero-order valence-corrected chi connectivity index (χ0v) is 22.9. The molecule has 1 aromatic rings. The van der Waals surface area contributed by atoms with E-state index in [0.29, 0.717) is 12.2 Å². The van der Waals surface area contributed by atoms with Gasteiger partial charge in [0.1, 0.15) is 6.79 Å². The molecular formula is C29H41NO8. The van der Waals surface area contributed by atoms with E-state index in [-0.39, 0.29) is 18.1 Å². The van der Waals surface area contributed by atoms with E-state index in [1.54, 1.807) is 13.8 Å². The fourth-order valence-corrected chi connectivity index (χ4v) is 1.60. The van der Waals surface area contributed by atoms with E-state index >= 15 is 0 Å². The van der Waals surface area contributed by atoms with E-state index in [2.05, 4.69) is 42.7 Å². The van der Waals surface area contributed by atoms with Crippen molar-refractivity contribution >= 4 is 36.6 Å². The zero-order chi connectivity index (χ0) is 30.4. The minimum absolute atomic E-state index is 0.0306. The maximum Gasteiger partial charge on any atom is 0.337 e. The minimum Gasteiger partial charge on any atom is -0.466 e. The van der Waals surface area contributed by atoms with Crippen LogP contribution in [0.25, 0.3) is 6.08 Å². The van der Waals surface area contributed by atoms with Gasteiger partial charge in [-0.15, -0.1) is 0 Å². The Bertz CT molecular complexity index is 887. The van der Waals surface area contributed by atoms with Crippen LogP contribution in [0.3, 0.4) is 0 Å². The van der Waals surface area contributed by atoms with Crippen molar-refractivity contribution in [1.82, 2.24) is 5.32 Å². The summed E-state index contributed by atoms with van der Waals surface area (Å²) in [6, 6.07) is 10.0. The molecule has 0 aliphatic rings. The zero-order valence-electron chi connectivity index (χ0n) is 22.9. The van der Waals surface area contributed by atoms with Crippen molar-refractivity contribution in [2.45, 2.75) is 33.6 Å². The Morgan fingerprint density at radius 3 is 1.79 bits per heavy atom. The summed E-state index contributed by atoms with van der Waals surface area (Å²) in [6.07, 6.45) is 7.02. The molecule has 2 amide bonds. The largest absolute Gasteiger partial charge is 0.466 e. The average molecular weight is 532 g/mol. The normalized spacial score (nSPS) is 8.45. The molecule has 210 valence electrons. The second-order valence-corrected chi connectivity index (χ2v) is 6.60. The van der Waals surface area contributed by atoms with Crippen molar-refractivity contribution in [1.29, 1.82) is 0 Å².